The number of hydrogen-bond acceptors (Lipinski definition) is 3. The lowest BCUT2D eigenvalue weighted by molar-refractivity contribution is 0.589. The minimum atomic E-state index is 0.554. The molecule has 0 aliphatic heterocycles. The van der Waals surface area contributed by atoms with E-state index in [1.165, 1.54) is 11.3 Å². The maximum Gasteiger partial charge on any atom is 0.0448 e. The molecule has 0 aliphatic rings. The third-order valence-electron chi connectivity index (χ3n) is 3.51. The molecule has 1 rings (SSSR count). The van der Waals surface area contributed by atoms with Crippen molar-refractivity contribution in [3.05, 3.63) is 23.0 Å². The minimum absolute atomic E-state index is 0.554. The molecule has 1 heterocycles. The van der Waals surface area contributed by atoms with Crippen LogP contribution in [0.5, 0.6) is 0 Å². The van der Waals surface area contributed by atoms with Crippen LogP contribution in [0.15, 0.2) is 6.07 Å². The standard InChI is InChI=1S/C14H25N3/c1-6-12(7-2)17(5)14-8-10(3)16-11(4)13(14)9-15/h8,12H,6-7,9,15H2,1-5H3. The Morgan fingerprint density at radius 1 is 1.29 bits per heavy atom. The lowest BCUT2D eigenvalue weighted by Crippen LogP contribution is -2.31. The summed E-state index contributed by atoms with van der Waals surface area (Å²) < 4.78 is 0. The van der Waals surface area contributed by atoms with Crippen LogP contribution in [0.3, 0.4) is 0 Å². The van der Waals surface area contributed by atoms with Crippen LogP contribution in [0.4, 0.5) is 5.69 Å². The van der Waals surface area contributed by atoms with E-state index in [0.717, 1.165) is 24.2 Å². The van der Waals surface area contributed by atoms with Gasteiger partial charge in [0.25, 0.3) is 0 Å². The Hall–Kier alpha value is -1.09. The quantitative estimate of drug-likeness (QED) is 0.853. The molecule has 0 amide bonds. The van der Waals surface area contributed by atoms with Gasteiger partial charge in [-0.15, -0.1) is 0 Å². The molecule has 17 heavy (non-hydrogen) atoms. The molecule has 1 aromatic rings. The first-order valence-electron chi connectivity index (χ1n) is 6.45. The van der Waals surface area contributed by atoms with Gasteiger partial charge in [0.1, 0.15) is 0 Å². The largest absolute Gasteiger partial charge is 0.371 e. The van der Waals surface area contributed by atoms with Gasteiger partial charge in [-0.25, -0.2) is 0 Å². The minimum Gasteiger partial charge on any atom is -0.371 e. The zero-order chi connectivity index (χ0) is 13.0. The van der Waals surface area contributed by atoms with Crippen LogP contribution in [0.2, 0.25) is 0 Å². The van der Waals surface area contributed by atoms with Gasteiger partial charge in [0.2, 0.25) is 0 Å². The van der Waals surface area contributed by atoms with Gasteiger partial charge in [0.15, 0.2) is 0 Å². The molecule has 1 aromatic heterocycles. The Balaban J connectivity index is 3.19. The number of nitrogens with zero attached hydrogens (tertiary/aromatic N) is 2. The van der Waals surface area contributed by atoms with Crippen molar-refractivity contribution in [1.29, 1.82) is 0 Å². The third kappa shape index (κ3) is 2.97. The highest BCUT2D eigenvalue weighted by Gasteiger charge is 2.16. The van der Waals surface area contributed by atoms with Gasteiger partial charge >= 0.3 is 0 Å². The summed E-state index contributed by atoms with van der Waals surface area (Å²) in [5.41, 5.74) is 10.4. The van der Waals surface area contributed by atoms with Gasteiger partial charge < -0.3 is 10.6 Å². The van der Waals surface area contributed by atoms with Crippen molar-refractivity contribution >= 4 is 5.69 Å². The summed E-state index contributed by atoms with van der Waals surface area (Å²) in [7, 11) is 2.16. The Labute approximate surface area is 105 Å². The fraction of sp³-hybridized carbons (Fsp3) is 0.643. The predicted octanol–water partition coefficient (Wildman–Crippen LogP) is 2.78. The van der Waals surface area contributed by atoms with Gasteiger partial charge in [-0.05, 0) is 32.8 Å². The number of nitrogens with two attached hydrogens (primary N) is 1. The molecule has 96 valence electrons. The van der Waals surface area contributed by atoms with E-state index in [4.69, 9.17) is 5.73 Å². The molecule has 0 atom stereocenters. The van der Waals surface area contributed by atoms with Crippen molar-refractivity contribution in [2.24, 2.45) is 5.73 Å². The van der Waals surface area contributed by atoms with Crippen LogP contribution < -0.4 is 10.6 Å². The molecule has 3 nitrogen and oxygen atoms in total. The average Bonchev–Trinajstić information content (AvgIpc) is 2.29. The summed E-state index contributed by atoms with van der Waals surface area (Å²) in [5.74, 6) is 0. The highest BCUT2D eigenvalue weighted by atomic mass is 15.1. The zero-order valence-electron chi connectivity index (χ0n) is 11.7. The molecule has 0 fully saturated rings. The number of hydrogen-bond donors (Lipinski definition) is 1. The van der Waals surface area contributed by atoms with Crippen molar-refractivity contribution in [3.8, 4) is 0 Å². The molecule has 2 N–H and O–H groups in total. The van der Waals surface area contributed by atoms with Crippen LogP contribution in [-0.4, -0.2) is 18.1 Å². The van der Waals surface area contributed by atoms with E-state index in [1.54, 1.807) is 0 Å². The summed E-state index contributed by atoms with van der Waals surface area (Å²) >= 11 is 0. The Morgan fingerprint density at radius 2 is 1.88 bits per heavy atom. The molecule has 0 spiro atoms. The summed E-state index contributed by atoms with van der Waals surface area (Å²) in [4.78, 5) is 6.84. The van der Waals surface area contributed by atoms with E-state index in [0.29, 0.717) is 12.6 Å². The molecular formula is C14H25N3. The maximum atomic E-state index is 5.86. The first-order valence-corrected chi connectivity index (χ1v) is 6.45. The second-order valence-electron chi connectivity index (χ2n) is 4.63. The molecule has 0 aliphatic carbocycles. The number of pyridine rings is 1. The van der Waals surface area contributed by atoms with Crippen molar-refractivity contribution in [2.75, 3.05) is 11.9 Å². The van der Waals surface area contributed by atoms with Crippen molar-refractivity contribution in [1.82, 2.24) is 4.98 Å². The number of aryl methyl sites for hydroxylation is 2. The topological polar surface area (TPSA) is 42.2 Å². The van der Waals surface area contributed by atoms with E-state index in [9.17, 15) is 0 Å². The lowest BCUT2D eigenvalue weighted by Gasteiger charge is -2.31. The monoisotopic (exact) mass is 235 g/mol. The molecule has 3 heteroatoms. The molecule has 0 unspecified atom stereocenters. The summed E-state index contributed by atoms with van der Waals surface area (Å²) in [6.45, 7) is 9.09. The van der Waals surface area contributed by atoms with Crippen LogP contribution in [-0.2, 0) is 6.54 Å². The number of anilines is 1. The molecular weight excluding hydrogens is 210 g/mol. The van der Waals surface area contributed by atoms with E-state index < -0.39 is 0 Å². The van der Waals surface area contributed by atoms with E-state index in [1.807, 2.05) is 13.8 Å². The smallest absolute Gasteiger partial charge is 0.0448 e. The summed E-state index contributed by atoms with van der Waals surface area (Å²) in [6, 6.07) is 2.72. The van der Waals surface area contributed by atoms with Crippen LogP contribution in [0, 0.1) is 13.8 Å². The van der Waals surface area contributed by atoms with Crippen LogP contribution >= 0.6 is 0 Å². The van der Waals surface area contributed by atoms with E-state index in [2.05, 4.69) is 36.8 Å². The van der Waals surface area contributed by atoms with Crippen molar-refractivity contribution in [3.63, 3.8) is 0 Å². The molecule has 0 bridgehead atoms. The molecule has 0 saturated heterocycles. The zero-order valence-corrected chi connectivity index (χ0v) is 11.7. The maximum absolute atomic E-state index is 5.86. The Morgan fingerprint density at radius 3 is 2.35 bits per heavy atom. The SMILES string of the molecule is CCC(CC)N(C)c1cc(C)nc(C)c1CN. The van der Waals surface area contributed by atoms with Crippen LogP contribution in [0.1, 0.15) is 43.6 Å². The highest BCUT2D eigenvalue weighted by Crippen LogP contribution is 2.25. The Bertz CT molecular complexity index is 370. The highest BCUT2D eigenvalue weighted by molar-refractivity contribution is 5.56. The van der Waals surface area contributed by atoms with Crippen LogP contribution in [0.25, 0.3) is 0 Å². The second kappa shape index (κ2) is 6.01. The predicted molar refractivity (Wildman–Crippen MR) is 74.4 cm³/mol. The van der Waals surface area contributed by atoms with E-state index >= 15 is 0 Å². The third-order valence-corrected chi connectivity index (χ3v) is 3.51. The Kier molecular flexibility index (Phi) is 4.94. The summed E-state index contributed by atoms with van der Waals surface area (Å²) in [6.07, 6.45) is 2.30. The van der Waals surface area contributed by atoms with Gasteiger partial charge in [0, 0.05) is 42.3 Å². The number of aromatic nitrogens is 1. The van der Waals surface area contributed by atoms with Gasteiger partial charge in [-0.1, -0.05) is 13.8 Å². The normalized spacial score (nSPS) is 11.0. The molecule has 0 saturated carbocycles. The average molecular weight is 235 g/mol. The first-order chi connectivity index (χ1) is 8.04. The second-order valence-corrected chi connectivity index (χ2v) is 4.63. The fourth-order valence-electron chi connectivity index (χ4n) is 2.43. The summed E-state index contributed by atoms with van der Waals surface area (Å²) in [5, 5.41) is 0. The molecule has 0 aromatic carbocycles. The van der Waals surface area contributed by atoms with Crippen molar-refractivity contribution in [2.45, 2.75) is 53.1 Å². The van der Waals surface area contributed by atoms with Gasteiger partial charge in [0.05, 0.1) is 0 Å². The fourth-order valence-corrected chi connectivity index (χ4v) is 2.43. The van der Waals surface area contributed by atoms with Crippen molar-refractivity contribution < 1.29 is 0 Å². The molecule has 0 radical (unpaired) electrons. The lowest BCUT2D eigenvalue weighted by atomic mass is 10.1. The van der Waals surface area contributed by atoms with E-state index in [-0.39, 0.29) is 0 Å². The van der Waals surface area contributed by atoms with Gasteiger partial charge in [-0.2, -0.15) is 0 Å². The number of rotatable bonds is 5. The first kappa shape index (κ1) is 14.0. The van der Waals surface area contributed by atoms with Gasteiger partial charge in [-0.3, -0.25) is 4.98 Å².